The molecule has 0 aliphatic heterocycles. The van der Waals surface area contributed by atoms with E-state index >= 15 is 0 Å². The molecule has 0 saturated heterocycles. The summed E-state index contributed by atoms with van der Waals surface area (Å²) in [7, 11) is 0. The van der Waals surface area contributed by atoms with E-state index in [1.165, 1.54) is 5.56 Å². The number of hydrogen-bond donors (Lipinski definition) is 1. The molecular weight excluding hydrogens is 274 g/mol. The van der Waals surface area contributed by atoms with E-state index in [0.29, 0.717) is 0 Å². The fourth-order valence-electron chi connectivity index (χ4n) is 2.16. The summed E-state index contributed by atoms with van der Waals surface area (Å²) in [5, 5.41) is 9.26. The van der Waals surface area contributed by atoms with Crippen LogP contribution in [0.5, 0.6) is 0 Å². The zero-order valence-electron chi connectivity index (χ0n) is 11.4. The first-order valence-corrected chi connectivity index (χ1v) is 6.77. The summed E-state index contributed by atoms with van der Waals surface area (Å²) in [6.45, 7) is 4.85. The van der Waals surface area contributed by atoms with Gasteiger partial charge < -0.3 is 10.0 Å². The summed E-state index contributed by atoms with van der Waals surface area (Å²) in [5.74, 6) is -1.01. The van der Waals surface area contributed by atoms with Crippen molar-refractivity contribution in [2.24, 2.45) is 0 Å². The summed E-state index contributed by atoms with van der Waals surface area (Å²) < 4.78 is 0. The number of aryl methyl sites for hydroxylation is 1. The molecule has 20 heavy (non-hydrogen) atoms. The molecular formula is C16H16ClNO2. The third-order valence-electron chi connectivity index (χ3n) is 3.12. The molecule has 2 rings (SSSR count). The Morgan fingerprint density at radius 3 is 2.45 bits per heavy atom. The van der Waals surface area contributed by atoms with Gasteiger partial charge in [-0.2, -0.15) is 0 Å². The molecule has 0 aromatic heterocycles. The smallest absolute Gasteiger partial charge is 0.337 e. The Labute approximate surface area is 123 Å². The standard InChI is InChI=1S/C16H16ClNO2/c1-3-18(12-6-4-5-11(2)9-12)13-7-8-14(16(19)20)15(17)10-13/h4-10H,3H2,1-2H3,(H,19,20). The number of carbonyl (C=O) groups is 1. The average molecular weight is 290 g/mol. The van der Waals surface area contributed by atoms with Crippen molar-refractivity contribution in [3.05, 3.63) is 58.6 Å². The second kappa shape index (κ2) is 5.97. The summed E-state index contributed by atoms with van der Waals surface area (Å²) >= 11 is 6.04. The maximum absolute atomic E-state index is 11.0. The van der Waals surface area contributed by atoms with E-state index in [-0.39, 0.29) is 10.6 Å². The number of benzene rings is 2. The molecule has 0 aliphatic rings. The number of anilines is 2. The van der Waals surface area contributed by atoms with E-state index in [2.05, 4.69) is 11.0 Å². The lowest BCUT2D eigenvalue weighted by Crippen LogP contribution is -2.16. The van der Waals surface area contributed by atoms with Gasteiger partial charge in [-0.25, -0.2) is 4.79 Å². The van der Waals surface area contributed by atoms with Gasteiger partial charge in [0, 0.05) is 17.9 Å². The highest BCUT2D eigenvalue weighted by atomic mass is 35.5. The lowest BCUT2D eigenvalue weighted by Gasteiger charge is -2.24. The Morgan fingerprint density at radius 1 is 1.20 bits per heavy atom. The Bertz CT molecular complexity index is 640. The van der Waals surface area contributed by atoms with Gasteiger partial charge in [-0.1, -0.05) is 23.7 Å². The minimum atomic E-state index is -1.01. The number of carboxylic acids is 1. The number of carboxylic acid groups (broad SMARTS) is 1. The van der Waals surface area contributed by atoms with Gasteiger partial charge >= 0.3 is 5.97 Å². The average Bonchev–Trinajstić information content (AvgIpc) is 2.39. The van der Waals surface area contributed by atoms with Crippen LogP contribution in [0, 0.1) is 6.92 Å². The quantitative estimate of drug-likeness (QED) is 0.900. The van der Waals surface area contributed by atoms with E-state index in [4.69, 9.17) is 16.7 Å². The van der Waals surface area contributed by atoms with Crippen LogP contribution in [0.4, 0.5) is 11.4 Å². The van der Waals surface area contributed by atoms with Gasteiger partial charge in [0.25, 0.3) is 0 Å². The molecule has 3 nitrogen and oxygen atoms in total. The number of nitrogens with zero attached hydrogens (tertiary/aromatic N) is 1. The van der Waals surface area contributed by atoms with Crippen molar-refractivity contribution in [3.8, 4) is 0 Å². The lowest BCUT2D eigenvalue weighted by molar-refractivity contribution is 0.0697. The van der Waals surface area contributed by atoms with Crippen LogP contribution in [-0.2, 0) is 0 Å². The molecule has 0 atom stereocenters. The van der Waals surface area contributed by atoms with E-state index in [1.54, 1.807) is 18.2 Å². The summed E-state index contributed by atoms with van der Waals surface area (Å²) in [6.07, 6.45) is 0. The monoisotopic (exact) mass is 289 g/mol. The number of rotatable bonds is 4. The summed E-state index contributed by atoms with van der Waals surface area (Å²) in [6, 6.07) is 13.2. The predicted molar refractivity (Wildman–Crippen MR) is 82.3 cm³/mol. The van der Waals surface area contributed by atoms with Gasteiger partial charge in [-0.05, 0) is 49.7 Å². The fourth-order valence-corrected chi connectivity index (χ4v) is 2.41. The molecule has 1 N–H and O–H groups in total. The topological polar surface area (TPSA) is 40.5 Å². The Kier molecular flexibility index (Phi) is 4.30. The molecule has 0 heterocycles. The number of halogens is 1. The van der Waals surface area contributed by atoms with Crippen molar-refractivity contribution < 1.29 is 9.90 Å². The van der Waals surface area contributed by atoms with E-state index in [0.717, 1.165) is 17.9 Å². The first-order valence-electron chi connectivity index (χ1n) is 6.40. The SMILES string of the molecule is CCN(c1cccc(C)c1)c1ccc(C(=O)O)c(Cl)c1. The summed E-state index contributed by atoms with van der Waals surface area (Å²) in [5.41, 5.74) is 3.24. The second-order valence-electron chi connectivity index (χ2n) is 4.55. The molecule has 0 amide bonds. The van der Waals surface area contributed by atoms with E-state index in [1.807, 2.05) is 32.0 Å². The fraction of sp³-hybridized carbons (Fsp3) is 0.188. The van der Waals surface area contributed by atoms with Crippen LogP contribution < -0.4 is 4.90 Å². The normalized spacial score (nSPS) is 10.3. The predicted octanol–water partition coefficient (Wildman–Crippen LogP) is 4.50. The van der Waals surface area contributed by atoms with Gasteiger partial charge in [0.2, 0.25) is 0 Å². The van der Waals surface area contributed by atoms with Crippen LogP contribution in [0.15, 0.2) is 42.5 Å². The highest BCUT2D eigenvalue weighted by Gasteiger charge is 2.13. The van der Waals surface area contributed by atoms with Gasteiger partial charge in [0.15, 0.2) is 0 Å². The molecule has 4 heteroatoms. The van der Waals surface area contributed by atoms with Gasteiger partial charge in [0.1, 0.15) is 0 Å². The third kappa shape index (κ3) is 2.94. The molecule has 0 bridgehead atoms. The molecule has 104 valence electrons. The number of aromatic carboxylic acids is 1. The highest BCUT2D eigenvalue weighted by Crippen LogP contribution is 2.29. The second-order valence-corrected chi connectivity index (χ2v) is 4.96. The van der Waals surface area contributed by atoms with Crippen LogP contribution in [0.3, 0.4) is 0 Å². The van der Waals surface area contributed by atoms with E-state index in [9.17, 15) is 4.79 Å². The highest BCUT2D eigenvalue weighted by molar-refractivity contribution is 6.33. The van der Waals surface area contributed by atoms with Crippen molar-refractivity contribution in [1.29, 1.82) is 0 Å². The molecule has 0 aliphatic carbocycles. The molecule has 0 spiro atoms. The molecule has 0 fully saturated rings. The van der Waals surface area contributed by atoms with Gasteiger partial charge in [-0.15, -0.1) is 0 Å². The van der Waals surface area contributed by atoms with Crippen LogP contribution in [0.2, 0.25) is 5.02 Å². The van der Waals surface area contributed by atoms with Crippen LogP contribution >= 0.6 is 11.6 Å². The Balaban J connectivity index is 2.42. The minimum absolute atomic E-state index is 0.121. The molecule has 2 aromatic carbocycles. The lowest BCUT2D eigenvalue weighted by atomic mass is 10.1. The van der Waals surface area contributed by atoms with Crippen molar-refractivity contribution in [2.75, 3.05) is 11.4 Å². The molecule has 2 aromatic rings. The van der Waals surface area contributed by atoms with Gasteiger partial charge in [0.05, 0.1) is 10.6 Å². The van der Waals surface area contributed by atoms with Crippen LogP contribution in [0.25, 0.3) is 0 Å². The Morgan fingerprint density at radius 2 is 1.90 bits per heavy atom. The van der Waals surface area contributed by atoms with Crippen LogP contribution in [0.1, 0.15) is 22.8 Å². The minimum Gasteiger partial charge on any atom is -0.478 e. The first-order chi connectivity index (χ1) is 9.52. The van der Waals surface area contributed by atoms with E-state index < -0.39 is 5.97 Å². The van der Waals surface area contributed by atoms with Gasteiger partial charge in [-0.3, -0.25) is 0 Å². The van der Waals surface area contributed by atoms with Crippen molar-refractivity contribution in [3.63, 3.8) is 0 Å². The molecule has 0 unspecified atom stereocenters. The largest absolute Gasteiger partial charge is 0.478 e. The molecule has 0 radical (unpaired) electrons. The Hall–Kier alpha value is -2.00. The zero-order chi connectivity index (χ0) is 14.7. The molecule has 0 saturated carbocycles. The van der Waals surface area contributed by atoms with Crippen molar-refractivity contribution >= 4 is 28.9 Å². The van der Waals surface area contributed by atoms with Crippen molar-refractivity contribution in [2.45, 2.75) is 13.8 Å². The zero-order valence-corrected chi connectivity index (χ0v) is 12.2. The maximum Gasteiger partial charge on any atom is 0.337 e. The van der Waals surface area contributed by atoms with Crippen LogP contribution in [-0.4, -0.2) is 17.6 Å². The first kappa shape index (κ1) is 14.4. The number of hydrogen-bond acceptors (Lipinski definition) is 2. The summed E-state index contributed by atoms with van der Waals surface area (Å²) in [4.78, 5) is 13.1. The maximum atomic E-state index is 11.0. The van der Waals surface area contributed by atoms with Crippen molar-refractivity contribution in [1.82, 2.24) is 0 Å². The third-order valence-corrected chi connectivity index (χ3v) is 3.44.